The lowest BCUT2D eigenvalue weighted by Crippen LogP contribution is -2.31. The number of nitrogens with zero attached hydrogens (tertiary/aromatic N) is 3. The standard InChI is InChI=1S/C20H18F2N4O2S/c21-14-5-3-13(4-6-14)17-12-24-20(23)25-19(17)18-2-1-11-26(18)29(27,28)16-9-7-15(22)8-10-16/h3-10,12,18H,1-2,11H2,(H2,23,24,25)/t18-/m0/s1. The van der Waals surface area contributed by atoms with Gasteiger partial charge in [0.15, 0.2) is 0 Å². The van der Waals surface area contributed by atoms with Crippen molar-refractivity contribution < 1.29 is 17.2 Å². The fraction of sp³-hybridized carbons (Fsp3) is 0.200. The number of hydrogen-bond donors (Lipinski definition) is 1. The third-order valence-corrected chi connectivity index (χ3v) is 6.85. The molecular weight excluding hydrogens is 398 g/mol. The van der Waals surface area contributed by atoms with Crippen LogP contribution in [0.3, 0.4) is 0 Å². The molecule has 150 valence electrons. The monoisotopic (exact) mass is 416 g/mol. The predicted molar refractivity (Wildman–Crippen MR) is 104 cm³/mol. The van der Waals surface area contributed by atoms with E-state index < -0.39 is 21.9 Å². The fourth-order valence-electron chi connectivity index (χ4n) is 3.56. The summed E-state index contributed by atoms with van der Waals surface area (Å²) < 4.78 is 54.3. The number of anilines is 1. The SMILES string of the molecule is Nc1ncc(-c2ccc(F)cc2)c([C@@H]2CCCN2S(=O)(=O)c2ccc(F)cc2)n1. The second-order valence-electron chi connectivity index (χ2n) is 6.76. The summed E-state index contributed by atoms with van der Waals surface area (Å²) in [5.41, 5.74) is 7.50. The van der Waals surface area contributed by atoms with E-state index in [-0.39, 0.29) is 16.7 Å². The van der Waals surface area contributed by atoms with Crippen molar-refractivity contribution in [2.45, 2.75) is 23.8 Å². The third-order valence-electron chi connectivity index (χ3n) is 4.93. The van der Waals surface area contributed by atoms with Gasteiger partial charge in [-0.05, 0) is 54.8 Å². The first kappa shape index (κ1) is 19.4. The Balaban J connectivity index is 1.79. The molecule has 4 rings (SSSR count). The minimum Gasteiger partial charge on any atom is -0.368 e. The van der Waals surface area contributed by atoms with Gasteiger partial charge in [-0.15, -0.1) is 0 Å². The van der Waals surface area contributed by atoms with Crippen LogP contribution in [0, 0.1) is 11.6 Å². The Hall–Kier alpha value is -2.91. The quantitative estimate of drug-likeness (QED) is 0.703. The lowest BCUT2D eigenvalue weighted by atomic mass is 10.0. The number of halogens is 2. The summed E-state index contributed by atoms with van der Waals surface area (Å²) in [5.74, 6) is -0.867. The molecule has 1 fully saturated rings. The topological polar surface area (TPSA) is 89.2 Å². The molecule has 1 aliphatic rings. The normalized spacial score (nSPS) is 17.5. The zero-order chi connectivity index (χ0) is 20.6. The molecule has 1 saturated heterocycles. The molecule has 0 amide bonds. The molecule has 0 aliphatic carbocycles. The Labute approximate surface area is 167 Å². The van der Waals surface area contributed by atoms with E-state index >= 15 is 0 Å². The average Bonchev–Trinajstić information content (AvgIpc) is 3.20. The van der Waals surface area contributed by atoms with Crippen LogP contribution in [0.15, 0.2) is 59.6 Å². The van der Waals surface area contributed by atoms with Gasteiger partial charge in [0.05, 0.1) is 16.6 Å². The second kappa shape index (κ2) is 7.49. The van der Waals surface area contributed by atoms with Crippen molar-refractivity contribution in [2.24, 2.45) is 0 Å². The van der Waals surface area contributed by atoms with Gasteiger partial charge in [0.25, 0.3) is 0 Å². The largest absolute Gasteiger partial charge is 0.368 e. The highest BCUT2D eigenvalue weighted by Crippen LogP contribution is 2.39. The lowest BCUT2D eigenvalue weighted by Gasteiger charge is -2.25. The minimum atomic E-state index is -3.87. The van der Waals surface area contributed by atoms with E-state index in [4.69, 9.17) is 5.73 Å². The Bertz CT molecular complexity index is 1140. The maximum atomic E-state index is 13.3. The van der Waals surface area contributed by atoms with Crippen LogP contribution in [0.4, 0.5) is 14.7 Å². The van der Waals surface area contributed by atoms with Crippen LogP contribution < -0.4 is 5.73 Å². The van der Waals surface area contributed by atoms with Gasteiger partial charge in [-0.2, -0.15) is 4.31 Å². The number of nitrogen functional groups attached to an aromatic ring is 1. The highest BCUT2D eigenvalue weighted by molar-refractivity contribution is 7.89. The number of benzene rings is 2. The minimum absolute atomic E-state index is 0.0103. The highest BCUT2D eigenvalue weighted by atomic mass is 32.2. The lowest BCUT2D eigenvalue weighted by molar-refractivity contribution is 0.391. The van der Waals surface area contributed by atoms with Gasteiger partial charge in [-0.1, -0.05) is 12.1 Å². The average molecular weight is 416 g/mol. The van der Waals surface area contributed by atoms with Crippen LogP contribution in [0.25, 0.3) is 11.1 Å². The molecule has 1 aliphatic heterocycles. The Morgan fingerprint density at radius 1 is 1.00 bits per heavy atom. The molecule has 0 radical (unpaired) electrons. The highest BCUT2D eigenvalue weighted by Gasteiger charge is 2.38. The molecule has 29 heavy (non-hydrogen) atoms. The van der Waals surface area contributed by atoms with Gasteiger partial charge in [-0.3, -0.25) is 0 Å². The van der Waals surface area contributed by atoms with Crippen molar-refractivity contribution in [1.82, 2.24) is 14.3 Å². The smallest absolute Gasteiger partial charge is 0.243 e. The maximum Gasteiger partial charge on any atom is 0.243 e. The predicted octanol–water partition coefficient (Wildman–Crippen LogP) is 3.53. The van der Waals surface area contributed by atoms with Crippen LogP contribution in [-0.4, -0.2) is 29.2 Å². The molecule has 9 heteroatoms. The fourth-order valence-corrected chi connectivity index (χ4v) is 5.22. The van der Waals surface area contributed by atoms with Crippen LogP contribution >= 0.6 is 0 Å². The van der Waals surface area contributed by atoms with Gasteiger partial charge < -0.3 is 5.73 Å². The zero-order valence-electron chi connectivity index (χ0n) is 15.3. The van der Waals surface area contributed by atoms with E-state index in [1.54, 1.807) is 12.1 Å². The van der Waals surface area contributed by atoms with Crippen LogP contribution in [0.5, 0.6) is 0 Å². The molecule has 6 nitrogen and oxygen atoms in total. The summed E-state index contributed by atoms with van der Waals surface area (Å²) in [5, 5.41) is 0. The van der Waals surface area contributed by atoms with Gasteiger partial charge in [0, 0.05) is 18.3 Å². The molecule has 0 bridgehead atoms. The van der Waals surface area contributed by atoms with Crippen molar-refractivity contribution in [3.05, 3.63) is 72.1 Å². The Kier molecular flexibility index (Phi) is 5.01. The van der Waals surface area contributed by atoms with E-state index in [1.165, 1.54) is 34.8 Å². The Morgan fingerprint density at radius 3 is 2.28 bits per heavy atom. The first-order valence-electron chi connectivity index (χ1n) is 9.02. The molecule has 3 aromatic rings. The molecule has 2 N–H and O–H groups in total. The van der Waals surface area contributed by atoms with Crippen LogP contribution in [0.2, 0.25) is 0 Å². The van der Waals surface area contributed by atoms with E-state index in [2.05, 4.69) is 9.97 Å². The number of aromatic nitrogens is 2. The van der Waals surface area contributed by atoms with Crippen LogP contribution in [-0.2, 0) is 10.0 Å². The molecule has 1 atom stereocenters. The summed E-state index contributed by atoms with van der Waals surface area (Å²) in [6.07, 6.45) is 2.70. The van der Waals surface area contributed by atoms with Crippen molar-refractivity contribution >= 4 is 16.0 Å². The first-order valence-corrected chi connectivity index (χ1v) is 10.5. The molecule has 0 spiro atoms. The summed E-state index contributed by atoms with van der Waals surface area (Å²) in [7, 11) is -3.87. The molecular formula is C20H18F2N4O2S. The zero-order valence-corrected chi connectivity index (χ0v) is 16.1. The van der Waals surface area contributed by atoms with Crippen molar-refractivity contribution in [3.8, 4) is 11.1 Å². The number of hydrogen-bond acceptors (Lipinski definition) is 5. The first-order chi connectivity index (χ1) is 13.9. The summed E-state index contributed by atoms with van der Waals surface area (Å²) in [6.45, 7) is 0.303. The van der Waals surface area contributed by atoms with E-state index in [9.17, 15) is 17.2 Å². The van der Waals surface area contributed by atoms with E-state index in [1.807, 2.05) is 0 Å². The summed E-state index contributed by atoms with van der Waals surface area (Å²) in [4.78, 5) is 8.37. The van der Waals surface area contributed by atoms with Crippen molar-refractivity contribution in [2.75, 3.05) is 12.3 Å². The molecule has 1 aromatic heterocycles. The molecule has 0 saturated carbocycles. The number of sulfonamides is 1. The maximum absolute atomic E-state index is 13.3. The Morgan fingerprint density at radius 2 is 1.62 bits per heavy atom. The van der Waals surface area contributed by atoms with Gasteiger partial charge in [0.2, 0.25) is 16.0 Å². The van der Waals surface area contributed by atoms with Crippen LogP contribution in [0.1, 0.15) is 24.6 Å². The molecule has 0 unspecified atom stereocenters. The van der Waals surface area contributed by atoms with Gasteiger partial charge >= 0.3 is 0 Å². The third kappa shape index (κ3) is 3.70. The van der Waals surface area contributed by atoms with Crippen molar-refractivity contribution in [1.29, 1.82) is 0 Å². The number of rotatable bonds is 4. The second-order valence-corrected chi connectivity index (χ2v) is 8.65. The summed E-state index contributed by atoms with van der Waals surface area (Å²) >= 11 is 0. The van der Waals surface area contributed by atoms with Gasteiger partial charge in [-0.25, -0.2) is 27.2 Å². The summed E-state index contributed by atoms with van der Waals surface area (Å²) in [6, 6.07) is 9.96. The van der Waals surface area contributed by atoms with Gasteiger partial charge in [0.1, 0.15) is 11.6 Å². The van der Waals surface area contributed by atoms with E-state index in [0.717, 1.165) is 12.1 Å². The van der Waals surface area contributed by atoms with E-state index in [0.29, 0.717) is 36.2 Å². The number of nitrogens with two attached hydrogens (primary N) is 1. The molecule has 2 aromatic carbocycles. The molecule has 2 heterocycles. The van der Waals surface area contributed by atoms with Crippen molar-refractivity contribution in [3.63, 3.8) is 0 Å².